The molecule has 0 aliphatic carbocycles. The molecule has 5 heteroatoms. The first-order valence-electron chi connectivity index (χ1n) is 2.52. The van der Waals surface area contributed by atoms with Crippen LogP contribution >= 0.6 is 35.3 Å². The molecule has 1 radical (unpaired) electrons. The van der Waals surface area contributed by atoms with Crippen LogP contribution in [-0.2, 0) is 0 Å². The van der Waals surface area contributed by atoms with Gasteiger partial charge in [0.15, 0.2) is 4.34 Å². The molecular weight excluding hydrogens is 184 g/mol. The van der Waals surface area contributed by atoms with E-state index in [9.17, 15) is 0 Å². The quantitative estimate of drug-likeness (QED) is 0.499. The Hall–Kier alpha value is -0.0000000000000000833. The third kappa shape index (κ3) is 2.32. The van der Waals surface area contributed by atoms with Gasteiger partial charge in [-0.15, -0.1) is 10.2 Å². The maximum Gasteiger partial charge on any atom is 0.179 e. The van der Waals surface area contributed by atoms with E-state index in [0.29, 0.717) is 4.20 Å². The summed E-state index contributed by atoms with van der Waals surface area (Å²) >= 11 is 7.69. The summed E-state index contributed by atoms with van der Waals surface area (Å²) in [5, 5.41) is 8.65. The predicted molar refractivity (Wildman–Crippen MR) is 48.5 cm³/mol. The predicted octanol–water partition coefficient (Wildman–Crippen LogP) is 2.10. The molecule has 0 bridgehead atoms. The van der Waals surface area contributed by atoms with Gasteiger partial charge < -0.3 is 0 Å². The second-order valence-corrected chi connectivity index (χ2v) is 4.84. The smallest absolute Gasteiger partial charge is 0.143 e. The van der Waals surface area contributed by atoms with E-state index >= 15 is 0 Å². The first-order chi connectivity index (χ1) is 4.68. The minimum absolute atomic E-state index is 0.635. The molecule has 0 aliphatic heterocycles. The third-order valence-electron chi connectivity index (χ3n) is 0.709. The van der Waals surface area contributed by atoms with Crippen LogP contribution in [0, 0.1) is 13.8 Å². The van der Waals surface area contributed by atoms with Crippen molar-refractivity contribution in [3.8, 4) is 0 Å². The lowest BCUT2D eigenvalue weighted by atomic mass is 10.9. The monoisotopic (exact) mass is 189 g/mol. The van der Waals surface area contributed by atoms with Crippen LogP contribution in [-0.4, -0.2) is 14.4 Å². The number of hydrogen-bond donors (Lipinski definition) is 0. The molecule has 0 atom stereocenters. The van der Waals surface area contributed by atoms with Crippen molar-refractivity contribution in [2.45, 2.75) is 11.3 Å². The van der Waals surface area contributed by atoms with E-state index in [-0.39, 0.29) is 0 Å². The number of nitrogens with zero attached hydrogens (tertiary/aromatic N) is 2. The van der Waals surface area contributed by atoms with Gasteiger partial charge in [-0.05, 0) is 25.6 Å². The first-order valence-corrected chi connectivity index (χ1v) is 4.56. The Balaban J connectivity index is 2.67. The fourth-order valence-electron chi connectivity index (χ4n) is 0.417. The van der Waals surface area contributed by atoms with Crippen LogP contribution in [0.5, 0.6) is 0 Å². The molecule has 0 saturated carbocycles. The van der Waals surface area contributed by atoms with Gasteiger partial charge in [-0.2, -0.15) is 0 Å². The highest BCUT2D eigenvalue weighted by Gasteiger charge is 2.00. The molecule has 0 spiro atoms. The number of thioether (sulfide) groups is 1. The zero-order valence-corrected chi connectivity index (χ0v) is 7.78. The summed E-state index contributed by atoms with van der Waals surface area (Å²) in [5.74, 6) is 0. The Morgan fingerprint density at radius 3 is 2.80 bits per heavy atom. The summed E-state index contributed by atoms with van der Waals surface area (Å²) in [4.78, 5) is 0. The van der Waals surface area contributed by atoms with Crippen LogP contribution in [0.25, 0.3) is 0 Å². The Kier molecular flexibility index (Phi) is 2.76. The van der Waals surface area contributed by atoms with Crippen LogP contribution in [0.2, 0.25) is 0 Å². The van der Waals surface area contributed by atoms with Crippen molar-refractivity contribution < 1.29 is 0 Å². The van der Waals surface area contributed by atoms with Crippen molar-refractivity contribution >= 4 is 39.5 Å². The van der Waals surface area contributed by atoms with E-state index in [0.717, 1.165) is 9.35 Å². The number of hydrogen-bond acceptors (Lipinski definition) is 5. The summed E-state index contributed by atoms with van der Waals surface area (Å²) in [6.07, 6.45) is 0. The summed E-state index contributed by atoms with van der Waals surface area (Å²) in [6, 6.07) is 0. The van der Waals surface area contributed by atoms with Gasteiger partial charge in [0.1, 0.15) is 5.01 Å². The zero-order chi connectivity index (χ0) is 7.56. The number of thiocarbonyl (C=S) groups is 1. The van der Waals surface area contributed by atoms with Gasteiger partial charge >= 0.3 is 0 Å². The molecule has 1 aromatic rings. The topological polar surface area (TPSA) is 25.8 Å². The van der Waals surface area contributed by atoms with E-state index in [1.165, 1.54) is 23.1 Å². The fraction of sp³-hybridized carbons (Fsp3) is 0.200. The van der Waals surface area contributed by atoms with Crippen molar-refractivity contribution in [3.05, 3.63) is 11.9 Å². The largest absolute Gasteiger partial charge is 0.179 e. The van der Waals surface area contributed by atoms with Crippen LogP contribution in [0.3, 0.4) is 0 Å². The average Bonchev–Trinajstić information content (AvgIpc) is 2.13. The maximum absolute atomic E-state index is 4.78. The molecule has 0 amide bonds. The van der Waals surface area contributed by atoms with Gasteiger partial charge in [0, 0.05) is 0 Å². The molecule has 0 N–H and O–H groups in total. The molecular formula is C5H5N2S3. The average molecular weight is 189 g/mol. The maximum atomic E-state index is 4.78. The second kappa shape index (κ2) is 3.41. The van der Waals surface area contributed by atoms with Gasteiger partial charge in [-0.1, -0.05) is 23.6 Å². The minimum atomic E-state index is 0.635. The second-order valence-electron chi connectivity index (χ2n) is 1.56. The highest BCUT2D eigenvalue weighted by molar-refractivity contribution is 8.24. The van der Waals surface area contributed by atoms with Crippen LogP contribution in [0.1, 0.15) is 5.01 Å². The van der Waals surface area contributed by atoms with Crippen LogP contribution in [0.15, 0.2) is 4.34 Å². The zero-order valence-electron chi connectivity index (χ0n) is 5.33. The standard InChI is InChI=1S/C5H5N2S3/c1-3-6-7-5(9-3)10-4(2)8/h2H2,1H3. The molecule has 2 nitrogen and oxygen atoms in total. The Morgan fingerprint density at radius 1 is 1.70 bits per heavy atom. The highest BCUT2D eigenvalue weighted by Crippen LogP contribution is 2.22. The normalized spacial score (nSPS) is 9.80. The lowest BCUT2D eigenvalue weighted by molar-refractivity contribution is 0.986. The van der Waals surface area contributed by atoms with Gasteiger partial charge in [-0.3, -0.25) is 0 Å². The molecule has 1 aromatic heterocycles. The molecule has 0 fully saturated rings. The van der Waals surface area contributed by atoms with Gasteiger partial charge in [0.2, 0.25) is 0 Å². The molecule has 1 rings (SSSR count). The molecule has 53 valence electrons. The molecule has 0 aliphatic rings. The van der Waals surface area contributed by atoms with Crippen LogP contribution in [0.4, 0.5) is 0 Å². The van der Waals surface area contributed by atoms with E-state index in [1.807, 2.05) is 6.92 Å². The number of aryl methyl sites for hydroxylation is 1. The van der Waals surface area contributed by atoms with Gasteiger partial charge in [-0.25, -0.2) is 0 Å². The number of aromatic nitrogens is 2. The lowest BCUT2D eigenvalue weighted by Crippen LogP contribution is -1.76. The first kappa shape index (κ1) is 8.10. The van der Waals surface area contributed by atoms with E-state index < -0.39 is 0 Å². The molecule has 10 heavy (non-hydrogen) atoms. The third-order valence-corrected chi connectivity index (χ3v) is 2.58. The summed E-state index contributed by atoms with van der Waals surface area (Å²) < 4.78 is 1.51. The van der Waals surface area contributed by atoms with Crippen molar-refractivity contribution in [3.63, 3.8) is 0 Å². The van der Waals surface area contributed by atoms with E-state index in [1.54, 1.807) is 0 Å². The van der Waals surface area contributed by atoms with E-state index in [4.69, 9.17) is 12.2 Å². The fourth-order valence-corrected chi connectivity index (χ4v) is 2.33. The van der Waals surface area contributed by atoms with Crippen LogP contribution < -0.4 is 0 Å². The van der Waals surface area contributed by atoms with Crippen molar-refractivity contribution in [2.24, 2.45) is 0 Å². The summed E-state index contributed by atoms with van der Waals surface area (Å²) in [5.41, 5.74) is 0. The molecule has 1 heterocycles. The Labute approximate surface area is 73.1 Å². The summed E-state index contributed by atoms with van der Waals surface area (Å²) in [7, 11) is 0. The number of rotatable bonds is 1. The Bertz CT molecular complexity index is 243. The minimum Gasteiger partial charge on any atom is -0.143 e. The van der Waals surface area contributed by atoms with Crippen molar-refractivity contribution in [1.82, 2.24) is 10.2 Å². The molecule has 0 saturated heterocycles. The van der Waals surface area contributed by atoms with Crippen molar-refractivity contribution in [1.29, 1.82) is 0 Å². The lowest BCUT2D eigenvalue weighted by Gasteiger charge is -1.86. The van der Waals surface area contributed by atoms with Crippen molar-refractivity contribution in [2.75, 3.05) is 0 Å². The summed E-state index contributed by atoms with van der Waals surface area (Å²) in [6.45, 7) is 5.49. The Morgan fingerprint density at radius 2 is 2.40 bits per heavy atom. The molecule has 0 aromatic carbocycles. The van der Waals surface area contributed by atoms with Gasteiger partial charge in [0.25, 0.3) is 0 Å². The van der Waals surface area contributed by atoms with Gasteiger partial charge in [0.05, 0.1) is 4.20 Å². The highest BCUT2D eigenvalue weighted by atomic mass is 32.2. The molecule has 0 unspecified atom stereocenters. The van der Waals surface area contributed by atoms with E-state index in [2.05, 4.69) is 17.1 Å². The SMILES string of the molecule is [CH2]C(=S)Sc1nnc(C)s1.